The van der Waals surface area contributed by atoms with E-state index < -0.39 is 17.9 Å². The van der Waals surface area contributed by atoms with Crippen LogP contribution < -0.4 is 5.73 Å². The first-order valence-electron chi connectivity index (χ1n) is 2.92. The number of nitrogens with two attached hydrogens (primary N) is 1. The fraction of sp³-hybridized carbons (Fsp3) is 0.167. The molecule has 0 aliphatic heterocycles. The zero-order valence-electron chi connectivity index (χ0n) is 5.69. The molecule has 0 saturated carbocycles. The molecule has 1 aromatic rings. The number of hydrogen-bond acceptors (Lipinski definition) is 2. The van der Waals surface area contributed by atoms with Crippen molar-refractivity contribution >= 4 is 21.6 Å². The largest absolute Gasteiger partial charge is 0.396 e. The van der Waals surface area contributed by atoms with Crippen LogP contribution >= 0.6 is 15.9 Å². The molecule has 0 saturated heterocycles. The highest BCUT2D eigenvalue weighted by molar-refractivity contribution is 9.10. The molecule has 2 N–H and O–H groups in total. The van der Waals surface area contributed by atoms with Gasteiger partial charge in [-0.3, -0.25) is 0 Å². The average Bonchev–Trinajstić information content (AvgIpc) is 1.96. The van der Waals surface area contributed by atoms with Gasteiger partial charge in [0.05, 0.1) is 5.69 Å². The maximum absolute atomic E-state index is 12.6. The summed E-state index contributed by atoms with van der Waals surface area (Å²) in [4.78, 5) is 3.24. The maximum Gasteiger partial charge on any atom is 0.283 e. The van der Waals surface area contributed by atoms with E-state index in [0.717, 1.165) is 6.07 Å². The van der Waals surface area contributed by atoms with Gasteiger partial charge in [-0.2, -0.15) is 0 Å². The van der Waals surface area contributed by atoms with Crippen molar-refractivity contribution in [2.24, 2.45) is 0 Å². The smallest absolute Gasteiger partial charge is 0.283 e. The van der Waals surface area contributed by atoms with Gasteiger partial charge in [0.2, 0.25) is 0 Å². The maximum atomic E-state index is 12.6. The van der Waals surface area contributed by atoms with Crippen molar-refractivity contribution in [2.75, 3.05) is 5.73 Å². The Balaban J connectivity index is 3.23. The fourth-order valence-corrected chi connectivity index (χ4v) is 0.952. The molecule has 0 atom stereocenters. The van der Waals surface area contributed by atoms with E-state index in [4.69, 9.17) is 5.73 Å². The molecule has 0 aliphatic carbocycles. The summed E-state index contributed by atoms with van der Waals surface area (Å²) in [6.45, 7) is 0. The first kappa shape index (κ1) is 9.31. The number of anilines is 1. The molecule has 12 heavy (non-hydrogen) atoms. The van der Waals surface area contributed by atoms with Crippen molar-refractivity contribution in [3.8, 4) is 0 Å². The van der Waals surface area contributed by atoms with E-state index >= 15 is 0 Å². The van der Waals surface area contributed by atoms with E-state index in [2.05, 4.69) is 20.9 Å². The number of rotatable bonds is 1. The van der Waals surface area contributed by atoms with Crippen LogP contribution in [-0.2, 0) is 0 Å². The number of aromatic nitrogens is 1. The summed E-state index contributed by atoms with van der Waals surface area (Å²) in [7, 11) is 0. The SMILES string of the molecule is Nc1cc(F)c(C(F)F)nc1Br. The number of nitrogen functional groups attached to an aromatic ring is 1. The van der Waals surface area contributed by atoms with Crippen LogP contribution in [0.4, 0.5) is 18.9 Å². The van der Waals surface area contributed by atoms with Gasteiger partial charge in [-0.05, 0) is 15.9 Å². The Kier molecular flexibility index (Phi) is 2.56. The number of halogens is 4. The highest BCUT2D eigenvalue weighted by Crippen LogP contribution is 2.25. The molecule has 0 spiro atoms. The van der Waals surface area contributed by atoms with Crippen LogP contribution in [0.25, 0.3) is 0 Å². The minimum Gasteiger partial charge on any atom is -0.396 e. The number of nitrogens with zero attached hydrogens (tertiary/aromatic N) is 1. The third-order valence-corrected chi connectivity index (χ3v) is 1.83. The lowest BCUT2D eigenvalue weighted by Gasteiger charge is -2.03. The van der Waals surface area contributed by atoms with Crippen LogP contribution in [0.1, 0.15) is 12.1 Å². The average molecular weight is 241 g/mol. The van der Waals surface area contributed by atoms with Crippen LogP contribution in [0.2, 0.25) is 0 Å². The van der Waals surface area contributed by atoms with Crippen LogP contribution in [0.3, 0.4) is 0 Å². The topological polar surface area (TPSA) is 38.9 Å². The first-order valence-corrected chi connectivity index (χ1v) is 3.71. The Morgan fingerprint density at radius 3 is 2.58 bits per heavy atom. The Labute approximate surface area is 74.7 Å². The number of pyridine rings is 1. The van der Waals surface area contributed by atoms with Crippen LogP contribution in [0.15, 0.2) is 10.7 Å². The molecule has 1 aromatic heterocycles. The Morgan fingerprint density at radius 2 is 2.08 bits per heavy atom. The van der Waals surface area contributed by atoms with E-state index in [1.807, 2.05) is 0 Å². The van der Waals surface area contributed by atoms with Crippen molar-refractivity contribution in [1.82, 2.24) is 4.98 Å². The Hall–Kier alpha value is -0.780. The molecule has 0 aromatic carbocycles. The van der Waals surface area contributed by atoms with Crippen molar-refractivity contribution in [3.63, 3.8) is 0 Å². The fourth-order valence-electron chi connectivity index (χ4n) is 0.647. The summed E-state index contributed by atoms with van der Waals surface area (Å²) in [6.07, 6.45) is -2.93. The van der Waals surface area contributed by atoms with E-state index in [1.165, 1.54) is 0 Å². The van der Waals surface area contributed by atoms with Gasteiger partial charge < -0.3 is 5.73 Å². The van der Waals surface area contributed by atoms with E-state index in [0.29, 0.717) is 0 Å². The summed E-state index contributed by atoms with van der Waals surface area (Å²) in [5, 5.41) is 0. The minimum atomic E-state index is -2.93. The van der Waals surface area contributed by atoms with Gasteiger partial charge in [0.25, 0.3) is 6.43 Å². The molecule has 1 heterocycles. The molecule has 0 unspecified atom stereocenters. The second kappa shape index (κ2) is 3.30. The third kappa shape index (κ3) is 1.69. The Bertz CT molecular complexity index is 303. The predicted octanol–water partition coefficient (Wildman–Crippen LogP) is 2.50. The molecular formula is C6H4BrF3N2. The van der Waals surface area contributed by atoms with Gasteiger partial charge in [-0.1, -0.05) is 0 Å². The lowest BCUT2D eigenvalue weighted by atomic mass is 10.3. The van der Waals surface area contributed by atoms with Gasteiger partial charge in [-0.25, -0.2) is 18.2 Å². The highest BCUT2D eigenvalue weighted by Gasteiger charge is 2.16. The zero-order valence-corrected chi connectivity index (χ0v) is 7.28. The van der Waals surface area contributed by atoms with Gasteiger partial charge in [0.15, 0.2) is 5.82 Å². The first-order chi connectivity index (χ1) is 5.52. The van der Waals surface area contributed by atoms with Crippen LogP contribution in [0, 0.1) is 5.82 Å². The minimum absolute atomic E-state index is 0.00287. The van der Waals surface area contributed by atoms with Crippen molar-refractivity contribution < 1.29 is 13.2 Å². The number of hydrogen-bond donors (Lipinski definition) is 1. The molecule has 1 rings (SSSR count). The molecular weight excluding hydrogens is 237 g/mol. The lowest BCUT2D eigenvalue weighted by Crippen LogP contribution is -1.99. The molecule has 66 valence electrons. The molecule has 0 aliphatic rings. The zero-order chi connectivity index (χ0) is 9.30. The van der Waals surface area contributed by atoms with Gasteiger partial charge in [0, 0.05) is 6.07 Å². The van der Waals surface area contributed by atoms with Crippen molar-refractivity contribution in [3.05, 3.63) is 22.2 Å². The molecule has 0 fully saturated rings. The second-order valence-electron chi connectivity index (χ2n) is 2.04. The standard InChI is InChI=1S/C6H4BrF3N2/c7-5-3(11)1-2(8)4(12-5)6(9)10/h1,6H,11H2. The summed E-state index contributed by atoms with van der Waals surface area (Å²) in [6, 6.07) is 0.804. The monoisotopic (exact) mass is 240 g/mol. The number of alkyl halides is 2. The van der Waals surface area contributed by atoms with Gasteiger partial charge in [-0.15, -0.1) is 0 Å². The van der Waals surface area contributed by atoms with Crippen molar-refractivity contribution in [1.29, 1.82) is 0 Å². The third-order valence-electron chi connectivity index (χ3n) is 1.19. The molecule has 0 bridgehead atoms. The normalized spacial score (nSPS) is 10.8. The van der Waals surface area contributed by atoms with Crippen molar-refractivity contribution in [2.45, 2.75) is 6.43 Å². The molecule has 6 heteroatoms. The Morgan fingerprint density at radius 1 is 1.50 bits per heavy atom. The molecule has 0 radical (unpaired) electrons. The quantitative estimate of drug-likeness (QED) is 0.767. The predicted molar refractivity (Wildman–Crippen MR) is 41.3 cm³/mol. The molecule has 0 amide bonds. The van der Waals surface area contributed by atoms with E-state index in [9.17, 15) is 13.2 Å². The highest BCUT2D eigenvalue weighted by atomic mass is 79.9. The second-order valence-corrected chi connectivity index (χ2v) is 2.79. The summed E-state index contributed by atoms with van der Waals surface area (Å²) in [5.74, 6) is -1.09. The molecule has 2 nitrogen and oxygen atoms in total. The summed E-state index contributed by atoms with van der Waals surface area (Å²) < 4.78 is 36.6. The van der Waals surface area contributed by atoms with Crippen LogP contribution in [-0.4, -0.2) is 4.98 Å². The van der Waals surface area contributed by atoms with Gasteiger partial charge >= 0.3 is 0 Å². The van der Waals surface area contributed by atoms with Gasteiger partial charge in [0.1, 0.15) is 10.3 Å². The lowest BCUT2D eigenvalue weighted by molar-refractivity contribution is 0.140. The summed E-state index contributed by atoms with van der Waals surface area (Å²) in [5.41, 5.74) is 4.30. The van der Waals surface area contributed by atoms with E-state index in [1.54, 1.807) is 0 Å². The van der Waals surface area contributed by atoms with Crippen LogP contribution in [0.5, 0.6) is 0 Å². The van der Waals surface area contributed by atoms with E-state index in [-0.39, 0.29) is 10.3 Å². The summed E-state index contributed by atoms with van der Waals surface area (Å²) >= 11 is 2.81.